The van der Waals surface area contributed by atoms with Crippen molar-refractivity contribution in [1.82, 2.24) is 14.9 Å². The SMILES string of the molecule is CC12CCC3c4ccc(OS(N)(=O)=O)cc4CCC3C1CC=C2C(=O)N1CCN(c2ncccn2)CC1. The van der Waals surface area contributed by atoms with Crippen molar-refractivity contribution in [2.24, 2.45) is 22.4 Å². The Labute approximate surface area is 218 Å². The van der Waals surface area contributed by atoms with E-state index >= 15 is 0 Å². The monoisotopic (exact) mass is 523 g/mol. The summed E-state index contributed by atoms with van der Waals surface area (Å²) >= 11 is 0. The van der Waals surface area contributed by atoms with Crippen LogP contribution in [0.5, 0.6) is 5.75 Å². The van der Waals surface area contributed by atoms with Gasteiger partial charge in [0.15, 0.2) is 0 Å². The Kier molecular flexibility index (Phi) is 5.99. The van der Waals surface area contributed by atoms with Crippen molar-refractivity contribution in [3.05, 3.63) is 59.4 Å². The molecule has 4 aliphatic rings. The van der Waals surface area contributed by atoms with Crippen LogP contribution in [0.25, 0.3) is 0 Å². The minimum Gasteiger partial charge on any atom is -0.371 e. The lowest BCUT2D eigenvalue weighted by atomic mass is 9.54. The van der Waals surface area contributed by atoms with Crippen molar-refractivity contribution in [3.63, 3.8) is 0 Å². The van der Waals surface area contributed by atoms with Crippen LogP contribution in [0.3, 0.4) is 0 Å². The summed E-state index contributed by atoms with van der Waals surface area (Å²) in [6.45, 7) is 5.13. The molecule has 1 saturated carbocycles. The summed E-state index contributed by atoms with van der Waals surface area (Å²) in [6.07, 6.45) is 10.6. The Morgan fingerprint density at radius 2 is 1.89 bits per heavy atom. The van der Waals surface area contributed by atoms with Gasteiger partial charge < -0.3 is 14.0 Å². The van der Waals surface area contributed by atoms with Crippen LogP contribution in [0.2, 0.25) is 0 Å². The average molecular weight is 524 g/mol. The van der Waals surface area contributed by atoms with E-state index in [2.05, 4.69) is 27.9 Å². The third-order valence-corrected chi connectivity index (χ3v) is 9.55. The summed E-state index contributed by atoms with van der Waals surface area (Å²) in [6, 6.07) is 7.36. The van der Waals surface area contributed by atoms with E-state index in [0.29, 0.717) is 30.8 Å². The Balaban J connectivity index is 1.15. The molecule has 1 amide bonds. The third-order valence-electron chi connectivity index (χ3n) is 9.12. The largest absolute Gasteiger partial charge is 0.380 e. The number of allylic oxidation sites excluding steroid dienone is 1. The number of hydrogen-bond acceptors (Lipinski definition) is 7. The number of aryl methyl sites for hydroxylation is 1. The van der Waals surface area contributed by atoms with E-state index in [0.717, 1.165) is 62.3 Å². The number of amides is 1. The van der Waals surface area contributed by atoms with Gasteiger partial charge in [0.2, 0.25) is 11.9 Å². The molecule has 2 heterocycles. The highest BCUT2D eigenvalue weighted by Gasteiger charge is 2.53. The number of piperazine rings is 1. The Bertz CT molecular complexity index is 1340. The number of fused-ring (bicyclic) bond motifs is 5. The molecule has 1 aromatic heterocycles. The molecule has 3 aliphatic carbocycles. The van der Waals surface area contributed by atoms with Gasteiger partial charge in [-0.3, -0.25) is 4.79 Å². The van der Waals surface area contributed by atoms with Gasteiger partial charge in [-0.05, 0) is 79.2 Å². The highest BCUT2D eigenvalue weighted by Crippen LogP contribution is 2.61. The molecule has 2 fully saturated rings. The minimum atomic E-state index is -4.04. The van der Waals surface area contributed by atoms with Crippen molar-refractivity contribution in [2.45, 2.75) is 44.9 Å². The highest BCUT2D eigenvalue weighted by atomic mass is 32.2. The zero-order valence-electron chi connectivity index (χ0n) is 21.0. The number of benzene rings is 1. The molecule has 4 atom stereocenters. The summed E-state index contributed by atoms with van der Waals surface area (Å²) in [5.41, 5.74) is 3.34. The summed E-state index contributed by atoms with van der Waals surface area (Å²) in [5.74, 6) is 2.55. The molecule has 0 radical (unpaired) electrons. The summed E-state index contributed by atoms with van der Waals surface area (Å²) in [7, 11) is -4.04. The summed E-state index contributed by atoms with van der Waals surface area (Å²) < 4.78 is 27.6. The van der Waals surface area contributed by atoms with E-state index in [4.69, 9.17) is 9.32 Å². The van der Waals surface area contributed by atoms with Gasteiger partial charge in [-0.15, -0.1) is 0 Å². The van der Waals surface area contributed by atoms with Crippen molar-refractivity contribution in [1.29, 1.82) is 0 Å². The fourth-order valence-electron chi connectivity index (χ4n) is 7.38. The maximum atomic E-state index is 13.7. The molecule has 6 rings (SSSR count). The standard InChI is InChI=1S/C27H33N5O4S/c1-27-10-9-21-20-6-4-19(36-37(28,34)35)17-18(20)3-5-22(21)23(27)7-8-24(27)25(33)31-13-15-32(16-14-31)26-29-11-2-12-30-26/h2,4,6,8,11-12,17,21-23H,3,5,7,9-10,13-16H2,1H3,(H2,28,34,35). The zero-order valence-corrected chi connectivity index (χ0v) is 21.9. The van der Waals surface area contributed by atoms with Gasteiger partial charge >= 0.3 is 10.3 Å². The zero-order chi connectivity index (χ0) is 25.8. The molecule has 2 N–H and O–H groups in total. The molecule has 1 aromatic carbocycles. The number of carbonyl (C=O) groups is 1. The smallest absolute Gasteiger partial charge is 0.371 e. The molecule has 196 valence electrons. The Morgan fingerprint density at radius 3 is 2.62 bits per heavy atom. The molecule has 37 heavy (non-hydrogen) atoms. The lowest BCUT2D eigenvalue weighted by Gasteiger charge is -2.50. The van der Waals surface area contributed by atoms with Gasteiger partial charge in [0, 0.05) is 49.6 Å². The number of anilines is 1. The topological polar surface area (TPSA) is 119 Å². The molecule has 10 heteroatoms. The second kappa shape index (κ2) is 9.09. The normalized spacial score (nSPS) is 29.1. The van der Waals surface area contributed by atoms with Gasteiger partial charge in [-0.25, -0.2) is 9.97 Å². The van der Waals surface area contributed by atoms with E-state index < -0.39 is 10.3 Å². The highest BCUT2D eigenvalue weighted by molar-refractivity contribution is 7.84. The second-order valence-corrected chi connectivity index (χ2v) is 12.1. The van der Waals surface area contributed by atoms with Gasteiger partial charge in [-0.2, -0.15) is 13.6 Å². The summed E-state index contributed by atoms with van der Waals surface area (Å²) in [5, 5.41) is 5.05. The number of hydrogen-bond donors (Lipinski definition) is 1. The van der Waals surface area contributed by atoms with E-state index in [9.17, 15) is 13.2 Å². The molecule has 0 spiro atoms. The van der Waals surface area contributed by atoms with Crippen LogP contribution in [0.1, 0.15) is 49.7 Å². The number of rotatable bonds is 4. The molecule has 9 nitrogen and oxygen atoms in total. The predicted molar refractivity (Wildman–Crippen MR) is 139 cm³/mol. The molecule has 4 unspecified atom stereocenters. The number of aromatic nitrogens is 2. The van der Waals surface area contributed by atoms with Crippen molar-refractivity contribution >= 4 is 22.2 Å². The maximum absolute atomic E-state index is 13.7. The molecule has 2 aromatic rings. The first kappa shape index (κ1) is 24.4. The first-order valence-corrected chi connectivity index (χ1v) is 14.6. The summed E-state index contributed by atoms with van der Waals surface area (Å²) in [4.78, 5) is 26.6. The quantitative estimate of drug-likeness (QED) is 0.655. The fraction of sp³-hybridized carbons (Fsp3) is 0.519. The average Bonchev–Trinajstić information content (AvgIpc) is 3.25. The van der Waals surface area contributed by atoms with Crippen molar-refractivity contribution < 1.29 is 17.4 Å². The molecular formula is C27H33N5O4S. The van der Waals surface area contributed by atoms with Gasteiger partial charge in [0.25, 0.3) is 0 Å². The van der Waals surface area contributed by atoms with Crippen LogP contribution >= 0.6 is 0 Å². The maximum Gasteiger partial charge on any atom is 0.380 e. The van der Waals surface area contributed by atoms with E-state index in [1.54, 1.807) is 18.5 Å². The van der Waals surface area contributed by atoms with Gasteiger partial charge in [0.1, 0.15) is 5.75 Å². The van der Waals surface area contributed by atoms with Crippen molar-refractivity contribution in [3.8, 4) is 5.75 Å². The van der Waals surface area contributed by atoms with Crippen LogP contribution in [0.4, 0.5) is 5.95 Å². The predicted octanol–water partition coefficient (Wildman–Crippen LogP) is 2.80. The van der Waals surface area contributed by atoms with Crippen LogP contribution in [-0.2, 0) is 21.5 Å². The molecule has 0 bridgehead atoms. The number of nitrogens with zero attached hydrogens (tertiary/aromatic N) is 4. The van der Waals surface area contributed by atoms with Crippen LogP contribution < -0.4 is 14.2 Å². The Morgan fingerprint density at radius 1 is 1.14 bits per heavy atom. The third kappa shape index (κ3) is 4.40. The van der Waals surface area contributed by atoms with Gasteiger partial charge in [-0.1, -0.05) is 19.1 Å². The molecular weight excluding hydrogens is 490 g/mol. The molecule has 1 aliphatic heterocycles. The second-order valence-electron chi connectivity index (χ2n) is 11.0. The van der Waals surface area contributed by atoms with Crippen LogP contribution in [0, 0.1) is 17.3 Å². The lowest BCUT2D eigenvalue weighted by Crippen LogP contribution is -2.51. The Hall–Kier alpha value is -2.98. The van der Waals surface area contributed by atoms with Gasteiger partial charge in [0.05, 0.1) is 0 Å². The first-order chi connectivity index (χ1) is 17.7. The minimum absolute atomic E-state index is 0.105. The van der Waals surface area contributed by atoms with E-state index in [-0.39, 0.29) is 17.1 Å². The fourth-order valence-corrected chi connectivity index (χ4v) is 7.75. The van der Waals surface area contributed by atoms with E-state index in [1.807, 2.05) is 23.1 Å². The molecule has 1 saturated heterocycles. The number of carbonyl (C=O) groups excluding carboxylic acids is 1. The van der Waals surface area contributed by atoms with Crippen molar-refractivity contribution in [2.75, 3.05) is 31.1 Å². The van der Waals surface area contributed by atoms with Crippen LogP contribution in [0.15, 0.2) is 48.3 Å². The first-order valence-electron chi connectivity index (χ1n) is 13.1. The van der Waals surface area contributed by atoms with Crippen LogP contribution in [-0.4, -0.2) is 55.4 Å². The van der Waals surface area contributed by atoms with E-state index in [1.165, 1.54) is 5.56 Å². The number of nitrogens with two attached hydrogens (primary N) is 1. The lowest BCUT2D eigenvalue weighted by molar-refractivity contribution is -0.129.